The highest BCUT2D eigenvalue weighted by atomic mass is 127. The zero-order valence-corrected chi connectivity index (χ0v) is 17.6. The predicted octanol–water partition coefficient (Wildman–Crippen LogP) is 3.18. The molecule has 0 saturated carbocycles. The van der Waals surface area contributed by atoms with Gasteiger partial charge in [-0.15, -0.1) is 24.0 Å². The van der Waals surface area contributed by atoms with Crippen LogP contribution in [0.1, 0.15) is 33.3 Å². The van der Waals surface area contributed by atoms with Gasteiger partial charge in [-0.3, -0.25) is 9.20 Å². The summed E-state index contributed by atoms with van der Waals surface area (Å²) in [7, 11) is -0.858. The zero-order chi connectivity index (χ0) is 16.2. The van der Waals surface area contributed by atoms with Crippen molar-refractivity contribution in [1.82, 2.24) is 5.32 Å². The molecule has 0 aliphatic carbocycles. The Morgan fingerprint density at radius 1 is 1.35 bits per heavy atom. The minimum atomic E-state index is -0.858. The second-order valence-electron chi connectivity index (χ2n) is 6.43. The van der Waals surface area contributed by atoms with Gasteiger partial charge >= 0.3 is 0 Å². The highest BCUT2D eigenvalue weighted by Gasteiger charge is 2.23. The molecular formula is C17H28IN3OS. The molecule has 1 heterocycles. The number of benzene rings is 1. The molecule has 4 nitrogen and oxygen atoms in total. The van der Waals surface area contributed by atoms with Crippen LogP contribution in [0.3, 0.4) is 0 Å². The summed E-state index contributed by atoms with van der Waals surface area (Å²) in [6, 6.07) is 8.46. The Morgan fingerprint density at radius 3 is 2.70 bits per heavy atom. The Hall–Kier alpha value is -0.630. The van der Waals surface area contributed by atoms with Gasteiger partial charge in [-0.05, 0) is 45.7 Å². The predicted molar refractivity (Wildman–Crippen MR) is 112 cm³/mol. The minimum absolute atomic E-state index is 0. The van der Waals surface area contributed by atoms with Gasteiger partial charge in [-0.25, -0.2) is 0 Å². The molecule has 6 heteroatoms. The standard InChI is InChI=1S/C17H27N3OS.HI/c1-5-18-16(19-11-13-22(21)17(2,3)4)20-12-10-14-8-6-7-9-15(14)20;/h6-9H,5,10-13H2,1-4H3,(H,18,19);1H. The van der Waals surface area contributed by atoms with Crippen molar-refractivity contribution in [3.8, 4) is 0 Å². The molecule has 1 aliphatic rings. The number of hydrogen-bond acceptors (Lipinski definition) is 2. The summed E-state index contributed by atoms with van der Waals surface area (Å²) in [6.45, 7) is 10.5. The second-order valence-corrected chi connectivity index (χ2v) is 8.75. The van der Waals surface area contributed by atoms with Gasteiger partial charge in [0.1, 0.15) is 0 Å². The minimum Gasteiger partial charge on any atom is -0.356 e. The summed E-state index contributed by atoms with van der Waals surface area (Å²) < 4.78 is 12.0. The number of rotatable bonds is 4. The summed E-state index contributed by atoms with van der Waals surface area (Å²) in [5.74, 6) is 1.51. The average molecular weight is 449 g/mol. The molecule has 1 atom stereocenters. The van der Waals surface area contributed by atoms with E-state index in [1.807, 2.05) is 20.8 Å². The Kier molecular flexibility index (Phi) is 8.00. The largest absolute Gasteiger partial charge is 0.356 e. The number of fused-ring (bicyclic) bond motifs is 1. The van der Waals surface area contributed by atoms with Gasteiger partial charge < -0.3 is 10.2 Å². The molecule has 23 heavy (non-hydrogen) atoms. The molecular weight excluding hydrogens is 421 g/mol. The summed E-state index contributed by atoms with van der Waals surface area (Å²) in [6.07, 6.45) is 1.05. The molecule has 1 aromatic rings. The lowest BCUT2D eigenvalue weighted by molar-refractivity contribution is 0.648. The van der Waals surface area contributed by atoms with Gasteiger partial charge in [0.15, 0.2) is 5.96 Å². The average Bonchev–Trinajstić information content (AvgIpc) is 2.89. The first-order valence-electron chi connectivity index (χ1n) is 7.95. The van der Waals surface area contributed by atoms with Crippen LogP contribution in [-0.2, 0) is 17.2 Å². The SMILES string of the molecule is CCNC(=NCCS(=O)C(C)(C)C)N1CCc2ccccc21.I. The maximum Gasteiger partial charge on any atom is 0.198 e. The van der Waals surface area contributed by atoms with E-state index in [2.05, 4.69) is 46.4 Å². The number of aliphatic imine (C=N–C) groups is 1. The number of nitrogens with one attached hydrogen (secondary N) is 1. The Labute approximate surface area is 159 Å². The van der Waals surface area contributed by atoms with Crippen LogP contribution in [0, 0.1) is 0 Å². The number of guanidine groups is 1. The number of nitrogens with zero attached hydrogens (tertiary/aromatic N) is 2. The smallest absolute Gasteiger partial charge is 0.198 e. The third-order valence-corrected chi connectivity index (χ3v) is 5.62. The van der Waals surface area contributed by atoms with Crippen molar-refractivity contribution in [3.05, 3.63) is 29.8 Å². The van der Waals surface area contributed by atoms with Crippen LogP contribution in [-0.4, -0.2) is 40.3 Å². The number of para-hydroxylation sites is 1. The maximum atomic E-state index is 12.1. The lowest BCUT2D eigenvalue weighted by Gasteiger charge is -2.22. The van der Waals surface area contributed by atoms with E-state index >= 15 is 0 Å². The zero-order valence-electron chi connectivity index (χ0n) is 14.5. The fourth-order valence-corrected chi connectivity index (χ4v) is 3.36. The lowest BCUT2D eigenvalue weighted by Crippen LogP contribution is -2.41. The third kappa shape index (κ3) is 5.45. The molecule has 0 spiro atoms. The van der Waals surface area contributed by atoms with Gasteiger partial charge in [-0.1, -0.05) is 18.2 Å². The molecule has 0 amide bonds. The fourth-order valence-electron chi connectivity index (χ4n) is 2.49. The van der Waals surface area contributed by atoms with Crippen LogP contribution in [0.5, 0.6) is 0 Å². The first kappa shape index (κ1) is 20.4. The van der Waals surface area contributed by atoms with Crippen LogP contribution in [0.25, 0.3) is 0 Å². The van der Waals surface area contributed by atoms with E-state index in [0.29, 0.717) is 12.3 Å². The van der Waals surface area contributed by atoms with E-state index in [1.54, 1.807) is 0 Å². The van der Waals surface area contributed by atoms with Gasteiger partial charge in [0.2, 0.25) is 0 Å². The van der Waals surface area contributed by atoms with Crippen molar-refractivity contribution in [1.29, 1.82) is 0 Å². The van der Waals surface area contributed by atoms with Crippen LogP contribution >= 0.6 is 24.0 Å². The van der Waals surface area contributed by atoms with Gasteiger partial charge in [0, 0.05) is 40.1 Å². The molecule has 0 bridgehead atoms. The first-order valence-corrected chi connectivity index (χ1v) is 9.27. The van der Waals surface area contributed by atoms with Gasteiger partial charge in [0.25, 0.3) is 0 Å². The first-order chi connectivity index (χ1) is 10.4. The van der Waals surface area contributed by atoms with Crippen molar-refractivity contribution >= 4 is 46.4 Å². The molecule has 1 N–H and O–H groups in total. The molecule has 0 radical (unpaired) electrons. The number of anilines is 1. The van der Waals surface area contributed by atoms with Crippen LogP contribution < -0.4 is 10.2 Å². The summed E-state index contributed by atoms with van der Waals surface area (Å²) in [5.41, 5.74) is 2.60. The second kappa shape index (κ2) is 9.01. The van der Waals surface area contributed by atoms with Crippen LogP contribution in [0.2, 0.25) is 0 Å². The van der Waals surface area contributed by atoms with Crippen molar-refractivity contribution in [2.24, 2.45) is 4.99 Å². The quantitative estimate of drug-likeness (QED) is 0.437. The van der Waals surface area contributed by atoms with Crippen molar-refractivity contribution in [3.63, 3.8) is 0 Å². The Morgan fingerprint density at radius 2 is 2.04 bits per heavy atom. The van der Waals surface area contributed by atoms with Crippen molar-refractivity contribution in [2.45, 2.75) is 38.9 Å². The van der Waals surface area contributed by atoms with E-state index in [1.165, 1.54) is 11.3 Å². The van der Waals surface area contributed by atoms with Crippen molar-refractivity contribution < 1.29 is 4.21 Å². The molecule has 0 aromatic heterocycles. The Balaban J connectivity index is 0.00000264. The molecule has 1 aromatic carbocycles. The maximum absolute atomic E-state index is 12.1. The van der Waals surface area contributed by atoms with E-state index in [-0.39, 0.29) is 28.7 Å². The fraction of sp³-hybridized carbons (Fsp3) is 0.588. The molecule has 130 valence electrons. The summed E-state index contributed by atoms with van der Waals surface area (Å²) >= 11 is 0. The van der Waals surface area contributed by atoms with Gasteiger partial charge in [0.05, 0.1) is 6.54 Å². The normalized spacial score (nSPS) is 15.8. The number of hydrogen-bond donors (Lipinski definition) is 1. The van der Waals surface area contributed by atoms with Crippen LogP contribution in [0.15, 0.2) is 29.3 Å². The van der Waals surface area contributed by atoms with E-state index in [0.717, 1.165) is 25.5 Å². The molecule has 0 saturated heterocycles. The van der Waals surface area contributed by atoms with Gasteiger partial charge in [-0.2, -0.15) is 0 Å². The molecule has 1 unspecified atom stereocenters. The monoisotopic (exact) mass is 449 g/mol. The Bertz CT molecular complexity index is 569. The van der Waals surface area contributed by atoms with Crippen molar-refractivity contribution in [2.75, 3.05) is 30.3 Å². The number of halogens is 1. The topological polar surface area (TPSA) is 44.7 Å². The van der Waals surface area contributed by atoms with E-state index in [9.17, 15) is 4.21 Å². The van der Waals surface area contributed by atoms with E-state index < -0.39 is 10.8 Å². The van der Waals surface area contributed by atoms with Crippen LogP contribution in [0.4, 0.5) is 5.69 Å². The summed E-state index contributed by atoms with van der Waals surface area (Å²) in [5, 5.41) is 3.35. The lowest BCUT2D eigenvalue weighted by atomic mass is 10.2. The molecule has 2 rings (SSSR count). The highest BCUT2D eigenvalue weighted by Crippen LogP contribution is 2.27. The molecule has 1 aliphatic heterocycles. The summed E-state index contributed by atoms with van der Waals surface area (Å²) in [4.78, 5) is 6.92. The third-order valence-electron chi connectivity index (χ3n) is 3.70. The highest BCUT2D eigenvalue weighted by molar-refractivity contribution is 14.0. The molecule has 0 fully saturated rings. The van der Waals surface area contributed by atoms with E-state index in [4.69, 9.17) is 0 Å².